The van der Waals surface area contributed by atoms with Crippen molar-refractivity contribution in [1.82, 2.24) is 0 Å². The number of aliphatic hydroxyl groups excluding tert-OH is 7. The van der Waals surface area contributed by atoms with Gasteiger partial charge in [-0.15, -0.1) is 0 Å². The van der Waals surface area contributed by atoms with Crippen molar-refractivity contribution in [3.05, 3.63) is 0 Å². The van der Waals surface area contributed by atoms with Gasteiger partial charge in [0, 0.05) is 6.92 Å². The molecule has 152 valence electrons. The summed E-state index contributed by atoms with van der Waals surface area (Å²) in [4.78, 5) is 11.0. The maximum absolute atomic E-state index is 11.0. The Morgan fingerprint density at radius 3 is 2.12 bits per heavy atom. The molecule has 2 rings (SSSR count). The van der Waals surface area contributed by atoms with Gasteiger partial charge in [0.15, 0.2) is 12.6 Å². The van der Waals surface area contributed by atoms with Gasteiger partial charge in [-0.1, -0.05) is 0 Å². The van der Waals surface area contributed by atoms with E-state index in [2.05, 4.69) is 0 Å². The Hall–Kier alpha value is -0.930. The fourth-order valence-corrected chi connectivity index (χ4v) is 2.76. The van der Waals surface area contributed by atoms with Gasteiger partial charge < -0.3 is 54.7 Å². The van der Waals surface area contributed by atoms with Crippen LogP contribution in [0.4, 0.5) is 0 Å². The first kappa shape index (κ1) is 21.4. The molecule has 0 radical (unpaired) electrons. The van der Waals surface area contributed by atoms with Crippen molar-refractivity contribution in [2.75, 3.05) is 13.2 Å². The summed E-state index contributed by atoms with van der Waals surface area (Å²) < 4.78 is 20.4. The monoisotopic (exact) mass is 384 g/mol. The van der Waals surface area contributed by atoms with Crippen molar-refractivity contribution in [1.29, 1.82) is 0 Å². The second-order valence-corrected chi connectivity index (χ2v) is 6.15. The van der Waals surface area contributed by atoms with Crippen LogP contribution in [0.1, 0.15) is 6.92 Å². The molecule has 12 heteroatoms. The molecule has 0 saturated carbocycles. The largest absolute Gasteiger partial charge is 0.463 e. The van der Waals surface area contributed by atoms with E-state index < -0.39 is 80.6 Å². The first-order valence-electron chi connectivity index (χ1n) is 7.96. The molecule has 0 spiro atoms. The van der Waals surface area contributed by atoms with Crippen LogP contribution < -0.4 is 0 Å². The van der Waals surface area contributed by atoms with Gasteiger partial charge in [0.1, 0.15) is 55.4 Å². The average Bonchev–Trinajstić information content (AvgIpc) is 2.60. The molecule has 10 atom stereocenters. The lowest BCUT2D eigenvalue weighted by Gasteiger charge is -2.45. The van der Waals surface area contributed by atoms with Gasteiger partial charge in [0.2, 0.25) is 0 Å². The third-order valence-corrected chi connectivity index (χ3v) is 4.25. The first-order chi connectivity index (χ1) is 12.2. The molecule has 0 aromatic carbocycles. The second-order valence-electron chi connectivity index (χ2n) is 6.15. The minimum atomic E-state index is -1.78. The van der Waals surface area contributed by atoms with E-state index in [1.54, 1.807) is 0 Å². The van der Waals surface area contributed by atoms with Gasteiger partial charge in [-0.05, 0) is 0 Å². The highest BCUT2D eigenvalue weighted by Gasteiger charge is 2.50. The smallest absolute Gasteiger partial charge is 0.302 e. The van der Waals surface area contributed by atoms with Crippen molar-refractivity contribution in [3.8, 4) is 0 Å². The summed E-state index contributed by atoms with van der Waals surface area (Å²) >= 11 is 0. The number of hydrogen-bond donors (Lipinski definition) is 7. The zero-order valence-corrected chi connectivity index (χ0v) is 13.9. The molecule has 0 aliphatic carbocycles. The van der Waals surface area contributed by atoms with Crippen molar-refractivity contribution in [2.45, 2.75) is 68.3 Å². The molecule has 2 aliphatic heterocycles. The molecule has 0 amide bonds. The molecule has 7 N–H and O–H groups in total. The lowest BCUT2D eigenvalue weighted by atomic mass is 9.97. The van der Waals surface area contributed by atoms with Crippen LogP contribution in [0.3, 0.4) is 0 Å². The van der Waals surface area contributed by atoms with Gasteiger partial charge in [-0.25, -0.2) is 0 Å². The van der Waals surface area contributed by atoms with E-state index in [1.807, 2.05) is 0 Å². The van der Waals surface area contributed by atoms with E-state index in [0.717, 1.165) is 6.92 Å². The van der Waals surface area contributed by atoms with Crippen molar-refractivity contribution < 1.29 is 59.5 Å². The number of carbonyl (C=O) groups excluding carboxylic acids is 1. The maximum atomic E-state index is 11.0. The van der Waals surface area contributed by atoms with Crippen molar-refractivity contribution in [2.24, 2.45) is 0 Å². The first-order valence-corrected chi connectivity index (χ1v) is 7.96. The summed E-state index contributed by atoms with van der Waals surface area (Å²) in [5, 5.41) is 68.2. The lowest BCUT2D eigenvalue weighted by Crippen LogP contribution is -2.64. The minimum Gasteiger partial charge on any atom is -0.463 e. The third-order valence-electron chi connectivity index (χ3n) is 4.25. The lowest BCUT2D eigenvalue weighted by molar-refractivity contribution is -0.355. The highest BCUT2D eigenvalue weighted by molar-refractivity contribution is 5.65. The molecule has 26 heavy (non-hydrogen) atoms. The predicted octanol–water partition coefficient (Wildman–Crippen LogP) is -4.83. The molecule has 0 aromatic heterocycles. The summed E-state index contributed by atoms with van der Waals surface area (Å²) in [5.74, 6) is -0.671. The van der Waals surface area contributed by atoms with E-state index in [1.165, 1.54) is 0 Å². The van der Waals surface area contributed by atoms with Crippen LogP contribution in [-0.2, 0) is 23.7 Å². The number of carbonyl (C=O) groups is 1. The SMILES string of the molecule is CC(=O)OC[C@H]1O[C@@H](O)[C@H](O)[C@@H](O)[C@H]1O[C@@H]1O[C@H](CO)[C@H](O)[C@H](O)[C@H]1O. The molecule has 0 unspecified atom stereocenters. The maximum Gasteiger partial charge on any atom is 0.302 e. The average molecular weight is 384 g/mol. The molecule has 2 saturated heterocycles. The summed E-state index contributed by atoms with van der Waals surface area (Å²) in [7, 11) is 0. The molecule has 0 bridgehead atoms. The normalized spacial score (nSPS) is 46.8. The molecular weight excluding hydrogens is 360 g/mol. The molecule has 2 fully saturated rings. The third kappa shape index (κ3) is 4.48. The van der Waals surface area contributed by atoms with E-state index in [0.29, 0.717) is 0 Å². The predicted molar refractivity (Wildman–Crippen MR) is 78.2 cm³/mol. The summed E-state index contributed by atoms with van der Waals surface area (Å²) in [6.45, 7) is -0.0109. The van der Waals surface area contributed by atoms with E-state index >= 15 is 0 Å². The van der Waals surface area contributed by atoms with Gasteiger partial charge >= 0.3 is 5.97 Å². The molecular formula is C14H24O12. The van der Waals surface area contributed by atoms with E-state index in [9.17, 15) is 40.5 Å². The Morgan fingerprint density at radius 2 is 1.54 bits per heavy atom. The number of hydrogen-bond acceptors (Lipinski definition) is 12. The van der Waals surface area contributed by atoms with Crippen LogP contribution in [0.2, 0.25) is 0 Å². The Bertz CT molecular complexity index is 473. The van der Waals surface area contributed by atoms with Gasteiger partial charge in [-0.2, -0.15) is 0 Å². The van der Waals surface area contributed by atoms with E-state index in [-0.39, 0.29) is 0 Å². The Balaban J connectivity index is 2.14. The van der Waals surface area contributed by atoms with Crippen LogP contribution in [0.25, 0.3) is 0 Å². The fourth-order valence-electron chi connectivity index (χ4n) is 2.76. The van der Waals surface area contributed by atoms with Crippen LogP contribution >= 0.6 is 0 Å². The molecule has 0 aromatic rings. The van der Waals surface area contributed by atoms with Crippen LogP contribution in [-0.4, -0.2) is 116 Å². The Labute approximate surface area is 148 Å². The quantitative estimate of drug-likeness (QED) is 0.224. The number of aliphatic hydroxyl groups is 7. The van der Waals surface area contributed by atoms with Crippen LogP contribution in [0.15, 0.2) is 0 Å². The van der Waals surface area contributed by atoms with Crippen LogP contribution in [0, 0.1) is 0 Å². The number of esters is 1. The molecule has 2 aliphatic rings. The highest BCUT2D eigenvalue weighted by atomic mass is 16.7. The fraction of sp³-hybridized carbons (Fsp3) is 0.929. The summed E-state index contributed by atoms with van der Waals surface area (Å²) in [6.07, 6.45) is -15.9. The Morgan fingerprint density at radius 1 is 0.885 bits per heavy atom. The van der Waals surface area contributed by atoms with Crippen LogP contribution in [0.5, 0.6) is 0 Å². The van der Waals surface area contributed by atoms with Gasteiger partial charge in [-0.3, -0.25) is 4.79 Å². The standard InChI is InChI=1S/C14H24O12/c1-4(16)23-3-6-12(9(19)10(20)13(22)24-6)26-14-11(21)8(18)7(17)5(2-15)25-14/h5-15,17-22H,2-3H2,1H3/t5-,6-,7+,8+,9-,10-,11-,12+,13-,14+/m1/s1. The molecule has 12 nitrogen and oxygen atoms in total. The number of ether oxygens (including phenoxy) is 4. The highest BCUT2D eigenvalue weighted by Crippen LogP contribution is 2.28. The Kier molecular flexibility index (Phi) is 7.27. The topological polar surface area (TPSA) is 196 Å². The van der Waals surface area contributed by atoms with E-state index in [4.69, 9.17) is 18.9 Å². The van der Waals surface area contributed by atoms with Crippen molar-refractivity contribution in [3.63, 3.8) is 0 Å². The minimum absolute atomic E-state index is 0.446. The second kappa shape index (κ2) is 8.84. The zero-order chi connectivity index (χ0) is 19.6. The summed E-state index contributed by atoms with van der Waals surface area (Å²) in [5.41, 5.74) is 0. The zero-order valence-electron chi connectivity index (χ0n) is 13.9. The van der Waals surface area contributed by atoms with Crippen molar-refractivity contribution >= 4 is 5.97 Å². The summed E-state index contributed by atoms with van der Waals surface area (Å²) in [6, 6.07) is 0. The number of rotatable bonds is 5. The molecule has 2 heterocycles. The van der Waals surface area contributed by atoms with Gasteiger partial charge in [0.05, 0.1) is 6.61 Å². The van der Waals surface area contributed by atoms with Gasteiger partial charge in [0.25, 0.3) is 0 Å².